The van der Waals surface area contributed by atoms with E-state index in [1.54, 1.807) is 30.3 Å². The van der Waals surface area contributed by atoms with Crippen molar-refractivity contribution in [2.24, 2.45) is 0 Å². The zero-order valence-corrected chi connectivity index (χ0v) is 18.5. The molecule has 3 aromatic rings. The number of carbonyl (C=O) groups is 1. The predicted molar refractivity (Wildman–Crippen MR) is 124 cm³/mol. The summed E-state index contributed by atoms with van der Waals surface area (Å²) in [6.07, 6.45) is 5.56. The summed E-state index contributed by atoms with van der Waals surface area (Å²) in [6.45, 7) is 7.10. The van der Waals surface area contributed by atoms with E-state index in [0.717, 1.165) is 32.5 Å². The Bertz CT molecular complexity index is 1110. The molecular formula is C26H28FN3O2. The van der Waals surface area contributed by atoms with Crippen LogP contribution >= 0.6 is 0 Å². The first-order chi connectivity index (χ1) is 15.5. The van der Waals surface area contributed by atoms with Crippen molar-refractivity contribution < 1.29 is 13.6 Å². The highest BCUT2D eigenvalue weighted by atomic mass is 19.1. The lowest BCUT2D eigenvalue weighted by atomic mass is 10.0. The second-order valence-electron chi connectivity index (χ2n) is 8.38. The van der Waals surface area contributed by atoms with E-state index in [1.165, 1.54) is 17.8 Å². The molecular weight excluding hydrogens is 405 g/mol. The Morgan fingerprint density at radius 2 is 1.81 bits per heavy atom. The Labute approximate surface area is 188 Å². The number of nitrogens with zero attached hydrogens (tertiary/aromatic N) is 2. The van der Waals surface area contributed by atoms with Gasteiger partial charge in [-0.25, -0.2) is 9.37 Å². The minimum absolute atomic E-state index is 0.136. The average Bonchev–Trinajstić information content (AvgIpc) is 3.29. The maximum atomic E-state index is 14.1. The number of oxazole rings is 1. The first-order valence-electron chi connectivity index (χ1n) is 11.0. The van der Waals surface area contributed by atoms with Crippen LogP contribution in [0.1, 0.15) is 37.0 Å². The first-order valence-corrected chi connectivity index (χ1v) is 11.0. The lowest BCUT2D eigenvalue weighted by molar-refractivity contribution is 0.0914. The first kappa shape index (κ1) is 22.0. The Kier molecular flexibility index (Phi) is 6.81. The number of nitrogens with one attached hydrogen (secondary N) is 1. The van der Waals surface area contributed by atoms with Crippen LogP contribution in [0.2, 0.25) is 0 Å². The Morgan fingerprint density at radius 3 is 2.53 bits per heavy atom. The van der Waals surface area contributed by atoms with Gasteiger partial charge in [0.1, 0.15) is 5.82 Å². The molecule has 1 aromatic heterocycles. The Hall–Kier alpha value is -3.25. The third kappa shape index (κ3) is 5.14. The lowest BCUT2D eigenvalue weighted by Crippen LogP contribution is -2.44. The van der Waals surface area contributed by atoms with E-state index < -0.39 is 0 Å². The molecule has 6 heteroatoms. The van der Waals surface area contributed by atoms with Gasteiger partial charge in [-0.3, -0.25) is 9.69 Å². The van der Waals surface area contributed by atoms with E-state index in [1.807, 2.05) is 12.1 Å². The summed E-state index contributed by atoms with van der Waals surface area (Å²) in [5.41, 5.74) is 2.75. The van der Waals surface area contributed by atoms with Gasteiger partial charge in [-0.15, -0.1) is 0 Å². The van der Waals surface area contributed by atoms with Gasteiger partial charge >= 0.3 is 0 Å². The number of rotatable bonds is 6. The third-order valence-electron chi connectivity index (χ3n) is 5.73. The zero-order chi connectivity index (χ0) is 22.5. The fourth-order valence-electron chi connectivity index (χ4n) is 3.89. The minimum atomic E-state index is -0.378. The van der Waals surface area contributed by atoms with Crippen LogP contribution in [0.3, 0.4) is 0 Å². The predicted octanol–water partition coefficient (Wildman–Crippen LogP) is 5.31. The average molecular weight is 434 g/mol. The molecule has 166 valence electrons. The third-order valence-corrected chi connectivity index (χ3v) is 5.73. The van der Waals surface area contributed by atoms with Gasteiger partial charge in [-0.05, 0) is 51.0 Å². The highest BCUT2D eigenvalue weighted by Crippen LogP contribution is 2.29. The molecule has 1 N–H and O–H groups in total. The molecule has 0 unspecified atom stereocenters. The van der Waals surface area contributed by atoms with Crippen LogP contribution in [-0.4, -0.2) is 41.5 Å². The molecule has 1 aliphatic rings. The monoisotopic (exact) mass is 433 g/mol. The molecule has 0 radical (unpaired) electrons. The van der Waals surface area contributed by atoms with Crippen molar-refractivity contribution in [3.63, 3.8) is 0 Å². The van der Waals surface area contributed by atoms with E-state index in [4.69, 9.17) is 4.42 Å². The number of aromatic nitrogens is 1. The molecule has 5 nitrogen and oxygen atoms in total. The summed E-state index contributed by atoms with van der Waals surface area (Å²) in [5.74, 6) is 0.105. The van der Waals surface area contributed by atoms with Gasteiger partial charge in [0.15, 0.2) is 5.76 Å². The highest BCUT2D eigenvalue weighted by molar-refractivity contribution is 6.00. The maximum absolute atomic E-state index is 14.1. The molecule has 1 fully saturated rings. The number of halogens is 1. The van der Waals surface area contributed by atoms with E-state index >= 15 is 0 Å². The van der Waals surface area contributed by atoms with Gasteiger partial charge < -0.3 is 9.73 Å². The fourth-order valence-corrected chi connectivity index (χ4v) is 3.89. The van der Waals surface area contributed by atoms with Crippen molar-refractivity contribution in [3.05, 3.63) is 77.8 Å². The van der Waals surface area contributed by atoms with Crippen LogP contribution in [0, 0.1) is 5.82 Å². The minimum Gasteiger partial charge on any atom is -0.436 e. The van der Waals surface area contributed by atoms with Crippen molar-refractivity contribution in [2.45, 2.75) is 32.7 Å². The maximum Gasteiger partial charge on any atom is 0.252 e. The molecule has 0 atom stereocenters. The molecule has 2 aromatic carbocycles. The van der Waals surface area contributed by atoms with Crippen molar-refractivity contribution >= 4 is 5.91 Å². The van der Waals surface area contributed by atoms with Crippen LogP contribution < -0.4 is 5.32 Å². The molecule has 0 aliphatic carbocycles. The van der Waals surface area contributed by atoms with E-state index in [2.05, 4.69) is 35.1 Å². The summed E-state index contributed by atoms with van der Waals surface area (Å²) in [6, 6.07) is 13.7. The van der Waals surface area contributed by atoms with Gasteiger partial charge in [-0.1, -0.05) is 35.9 Å². The number of hydrogen-bond acceptors (Lipinski definition) is 4. The van der Waals surface area contributed by atoms with Gasteiger partial charge in [0.25, 0.3) is 5.91 Å². The SMILES string of the molecule is CC(C)=CCN1CCC(NC(=O)c2ccccc2-c2ncc(-c3ccccc3F)o2)CC1. The smallest absolute Gasteiger partial charge is 0.252 e. The lowest BCUT2D eigenvalue weighted by Gasteiger charge is -2.31. The molecule has 0 saturated carbocycles. The van der Waals surface area contributed by atoms with Crippen LogP contribution in [0.25, 0.3) is 22.8 Å². The van der Waals surface area contributed by atoms with Gasteiger partial charge in [0.2, 0.25) is 5.89 Å². The second-order valence-corrected chi connectivity index (χ2v) is 8.38. The quantitative estimate of drug-likeness (QED) is 0.536. The number of benzene rings is 2. The van der Waals surface area contributed by atoms with Crippen molar-refractivity contribution in [3.8, 4) is 22.8 Å². The van der Waals surface area contributed by atoms with Crippen molar-refractivity contribution in [2.75, 3.05) is 19.6 Å². The molecule has 1 amide bonds. The summed E-state index contributed by atoms with van der Waals surface area (Å²) in [5, 5.41) is 3.17. The summed E-state index contributed by atoms with van der Waals surface area (Å²) in [7, 11) is 0. The number of piperidine rings is 1. The summed E-state index contributed by atoms with van der Waals surface area (Å²) >= 11 is 0. The topological polar surface area (TPSA) is 58.4 Å². The van der Waals surface area contributed by atoms with Crippen molar-refractivity contribution in [1.82, 2.24) is 15.2 Å². The Balaban J connectivity index is 1.46. The Morgan fingerprint density at radius 1 is 1.12 bits per heavy atom. The number of amides is 1. The van der Waals surface area contributed by atoms with Crippen molar-refractivity contribution in [1.29, 1.82) is 0 Å². The van der Waals surface area contributed by atoms with Gasteiger partial charge in [0.05, 0.1) is 17.3 Å². The van der Waals surface area contributed by atoms with E-state index in [-0.39, 0.29) is 17.8 Å². The van der Waals surface area contributed by atoms with Crippen LogP contribution in [0.15, 0.2) is 70.8 Å². The highest BCUT2D eigenvalue weighted by Gasteiger charge is 2.23. The summed E-state index contributed by atoms with van der Waals surface area (Å²) < 4.78 is 19.9. The molecule has 0 bridgehead atoms. The number of carbonyl (C=O) groups excluding carboxylic acids is 1. The fraction of sp³-hybridized carbons (Fsp3) is 0.308. The second kappa shape index (κ2) is 9.92. The van der Waals surface area contributed by atoms with E-state index in [9.17, 15) is 9.18 Å². The number of allylic oxidation sites excluding steroid dienone is 1. The molecule has 4 rings (SSSR count). The standard InChI is InChI=1S/C26H28FN3O2/c1-18(2)11-14-30-15-12-19(13-16-30)29-25(31)20-7-3-4-8-21(20)26-28-17-24(32-26)22-9-5-6-10-23(22)27/h3-11,17,19H,12-16H2,1-2H3,(H,29,31). The molecule has 1 saturated heterocycles. The largest absolute Gasteiger partial charge is 0.436 e. The van der Waals surface area contributed by atoms with Gasteiger partial charge in [0, 0.05) is 31.2 Å². The number of hydrogen-bond donors (Lipinski definition) is 1. The van der Waals surface area contributed by atoms with E-state index in [0.29, 0.717) is 28.3 Å². The number of likely N-dealkylation sites (tertiary alicyclic amines) is 1. The van der Waals surface area contributed by atoms with Gasteiger partial charge in [-0.2, -0.15) is 0 Å². The van der Waals surface area contributed by atoms with Crippen LogP contribution in [-0.2, 0) is 0 Å². The van der Waals surface area contributed by atoms with Crippen LogP contribution in [0.4, 0.5) is 4.39 Å². The van der Waals surface area contributed by atoms with Crippen LogP contribution in [0.5, 0.6) is 0 Å². The zero-order valence-electron chi connectivity index (χ0n) is 18.5. The molecule has 0 spiro atoms. The normalized spacial score (nSPS) is 14.8. The molecule has 1 aliphatic heterocycles. The summed E-state index contributed by atoms with van der Waals surface area (Å²) in [4.78, 5) is 19.8. The molecule has 2 heterocycles. The molecule has 32 heavy (non-hydrogen) atoms.